The van der Waals surface area contributed by atoms with Gasteiger partial charge < -0.3 is 9.47 Å². The van der Waals surface area contributed by atoms with Crippen LogP contribution in [0.3, 0.4) is 0 Å². The van der Waals surface area contributed by atoms with E-state index in [0.29, 0.717) is 13.2 Å². The summed E-state index contributed by atoms with van der Waals surface area (Å²) in [5.74, 6) is -0.422. The third-order valence-corrected chi connectivity index (χ3v) is 4.28. The number of carbonyl (C=O) groups is 2. The Bertz CT molecular complexity index is 573. The van der Waals surface area contributed by atoms with Gasteiger partial charge in [-0.25, -0.2) is 9.78 Å². The molecule has 1 aliphatic rings. The quantitative estimate of drug-likeness (QED) is 0.609. The summed E-state index contributed by atoms with van der Waals surface area (Å²) in [4.78, 5) is 28.9. The summed E-state index contributed by atoms with van der Waals surface area (Å²) in [5, 5.41) is 0. The number of pyridine rings is 1. The molecule has 0 unspecified atom stereocenters. The van der Waals surface area contributed by atoms with Gasteiger partial charge in [-0.3, -0.25) is 9.69 Å². The van der Waals surface area contributed by atoms with Gasteiger partial charge in [-0.2, -0.15) is 4.39 Å². The number of anilines is 1. The SMILES string of the molecule is CCOC(=O)C1CCC(CN(C(=O)OC)c2cccc(F)n2)CC1. The number of hydrogen-bond donors (Lipinski definition) is 0. The maximum Gasteiger partial charge on any atom is 0.415 e. The highest BCUT2D eigenvalue weighted by Gasteiger charge is 2.30. The van der Waals surface area contributed by atoms with Gasteiger partial charge in [0.05, 0.1) is 19.6 Å². The van der Waals surface area contributed by atoms with Crippen LogP contribution in [-0.4, -0.2) is 37.3 Å². The van der Waals surface area contributed by atoms with E-state index in [2.05, 4.69) is 4.98 Å². The molecule has 1 saturated carbocycles. The Morgan fingerprint density at radius 2 is 2.00 bits per heavy atom. The maximum absolute atomic E-state index is 13.3. The van der Waals surface area contributed by atoms with Crippen molar-refractivity contribution in [3.05, 3.63) is 24.1 Å². The molecule has 1 aromatic rings. The lowest BCUT2D eigenvalue weighted by Crippen LogP contribution is -2.38. The molecule has 0 radical (unpaired) electrons. The molecule has 0 bridgehead atoms. The highest BCUT2D eigenvalue weighted by Crippen LogP contribution is 2.31. The maximum atomic E-state index is 13.3. The first kappa shape index (κ1) is 18.2. The Hall–Kier alpha value is -2.18. The average molecular weight is 338 g/mol. The minimum absolute atomic E-state index is 0.0694. The van der Waals surface area contributed by atoms with E-state index in [9.17, 15) is 14.0 Å². The van der Waals surface area contributed by atoms with Crippen molar-refractivity contribution in [2.24, 2.45) is 11.8 Å². The zero-order valence-corrected chi connectivity index (χ0v) is 14.0. The van der Waals surface area contributed by atoms with Crippen LogP contribution in [-0.2, 0) is 14.3 Å². The Labute approximate surface area is 141 Å². The van der Waals surface area contributed by atoms with Gasteiger partial charge in [0.15, 0.2) is 0 Å². The first-order valence-electron chi connectivity index (χ1n) is 8.19. The van der Waals surface area contributed by atoms with E-state index < -0.39 is 12.0 Å². The fraction of sp³-hybridized carbons (Fsp3) is 0.588. The van der Waals surface area contributed by atoms with Gasteiger partial charge in [-0.05, 0) is 50.7 Å². The second kappa shape index (κ2) is 8.61. The second-order valence-electron chi connectivity index (χ2n) is 5.87. The summed E-state index contributed by atoms with van der Waals surface area (Å²) in [7, 11) is 1.28. The smallest absolute Gasteiger partial charge is 0.415 e. The summed E-state index contributed by atoms with van der Waals surface area (Å²) >= 11 is 0. The number of hydrogen-bond acceptors (Lipinski definition) is 5. The molecule has 132 valence electrons. The molecule has 0 atom stereocenters. The van der Waals surface area contributed by atoms with Crippen molar-refractivity contribution in [2.45, 2.75) is 32.6 Å². The highest BCUT2D eigenvalue weighted by molar-refractivity contribution is 5.86. The monoisotopic (exact) mass is 338 g/mol. The Kier molecular flexibility index (Phi) is 6.52. The standard InChI is InChI=1S/C17H23FN2O4/c1-3-24-16(21)13-9-7-12(8-10-13)11-20(17(22)23-2)15-6-4-5-14(18)19-15/h4-6,12-13H,3,7-11H2,1-2H3. The van der Waals surface area contributed by atoms with Gasteiger partial charge >= 0.3 is 12.1 Å². The van der Waals surface area contributed by atoms with Crippen molar-refractivity contribution < 1.29 is 23.5 Å². The number of ether oxygens (including phenoxy) is 2. The number of aromatic nitrogens is 1. The van der Waals surface area contributed by atoms with Gasteiger partial charge in [-0.1, -0.05) is 6.07 Å². The highest BCUT2D eigenvalue weighted by atomic mass is 19.1. The Morgan fingerprint density at radius 1 is 1.29 bits per heavy atom. The van der Waals surface area contributed by atoms with Gasteiger partial charge in [-0.15, -0.1) is 0 Å². The first-order chi connectivity index (χ1) is 11.5. The van der Waals surface area contributed by atoms with Crippen LogP contribution in [0.25, 0.3) is 0 Å². The fourth-order valence-electron chi connectivity index (χ4n) is 3.02. The zero-order chi connectivity index (χ0) is 17.5. The molecule has 1 amide bonds. The first-order valence-corrected chi connectivity index (χ1v) is 8.19. The molecule has 0 aromatic carbocycles. The largest absolute Gasteiger partial charge is 0.466 e. The lowest BCUT2D eigenvalue weighted by molar-refractivity contribution is -0.149. The van der Waals surface area contributed by atoms with Gasteiger partial charge in [0.2, 0.25) is 5.95 Å². The average Bonchev–Trinajstić information content (AvgIpc) is 2.59. The third kappa shape index (κ3) is 4.66. The topological polar surface area (TPSA) is 68.7 Å². The van der Waals surface area contributed by atoms with E-state index in [4.69, 9.17) is 9.47 Å². The molecule has 1 heterocycles. The molecule has 7 heteroatoms. The predicted octanol–water partition coefficient (Wildman–Crippen LogP) is 3.16. The summed E-state index contributed by atoms with van der Waals surface area (Å²) in [6.07, 6.45) is 2.49. The molecule has 0 aliphatic heterocycles. The van der Waals surface area contributed by atoms with E-state index in [0.717, 1.165) is 25.7 Å². The molecular formula is C17H23FN2O4. The number of halogens is 1. The number of nitrogens with zero attached hydrogens (tertiary/aromatic N) is 2. The van der Waals surface area contributed by atoms with Crippen molar-refractivity contribution >= 4 is 17.9 Å². The van der Waals surface area contributed by atoms with Crippen molar-refractivity contribution in [3.63, 3.8) is 0 Å². The van der Waals surface area contributed by atoms with Crippen LogP contribution in [0.4, 0.5) is 15.0 Å². The van der Waals surface area contributed by atoms with Crippen molar-refractivity contribution in [2.75, 3.05) is 25.2 Å². The summed E-state index contributed by atoms with van der Waals surface area (Å²) < 4.78 is 23.2. The molecule has 0 spiro atoms. The zero-order valence-electron chi connectivity index (χ0n) is 14.0. The van der Waals surface area contributed by atoms with E-state index >= 15 is 0 Å². The molecule has 24 heavy (non-hydrogen) atoms. The minimum Gasteiger partial charge on any atom is -0.466 e. The Morgan fingerprint density at radius 3 is 2.58 bits per heavy atom. The third-order valence-electron chi connectivity index (χ3n) is 4.28. The number of rotatable bonds is 5. The number of methoxy groups -OCH3 is 1. The van der Waals surface area contributed by atoms with Crippen LogP contribution in [0.2, 0.25) is 0 Å². The lowest BCUT2D eigenvalue weighted by Gasteiger charge is -2.30. The minimum atomic E-state index is -0.646. The lowest BCUT2D eigenvalue weighted by atomic mass is 9.82. The summed E-state index contributed by atoms with van der Waals surface area (Å²) in [6.45, 7) is 2.57. The van der Waals surface area contributed by atoms with E-state index in [1.807, 2.05) is 0 Å². The van der Waals surface area contributed by atoms with E-state index in [1.165, 1.54) is 24.1 Å². The van der Waals surface area contributed by atoms with Crippen molar-refractivity contribution in [1.82, 2.24) is 4.98 Å². The molecule has 1 fully saturated rings. The normalized spacial score (nSPS) is 20.3. The van der Waals surface area contributed by atoms with Crippen LogP contribution < -0.4 is 4.90 Å². The molecule has 1 aliphatic carbocycles. The van der Waals surface area contributed by atoms with Crippen LogP contribution in [0.15, 0.2) is 18.2 Å². The van der Waals surface area contributed by atoms with Crippen LogP contribution in [0, 0.1) is 17.8 Å². The molecule has 1 aromatic heterocycles. The van der Waals surface area contributed by atoms with Gasteiger partial charge in [0.1, 0.15) is 5.82 Å². The van der Waals surface area contributed by atoms with E-state index in [-0.39, 0.29) is 23.6 Å². The number of amides is 1. The predicted molar refractivity (Wildman–Crippen MR) is 86.0 cm³/mol. The molecular weight excluding hydrogens is 315 g/mol. The molecule has 2 rings (SSSR count). The molecule has 0 saturated heterocycles. The summed E-state index contributed by atoms with van der Waals surface area (Å²) in [6, 6.07) is 4.30. The van der Waals surface area contributed by atoms with Crippen LogP contribution in [0.1, 0.15) is 32.6 Å². The number of carbonyl (C=O) groups excluding carboxylic acids is 2. The van der Waals surface area contributed by atoms with Gasteiger partial charge in [0, 0.05) is 6.54 Å². The van der Waals surface area contributed by atoms with Crippen molar-refractivity contribution in [3.8, 4) is 0 Å². The summed E-state index contributed by atoms with van der Waals surface area (Å²) in [5.41, 5.74) is 0. The van der Waals surface area contributed by atoms with Crippen LogP contribution in [0.5, 0.6) is 0 Å². The molecule has 6 nitrogen and oxygen atoms in total. The van der Waals surface area contributed by atoms with E-state index in [1.54, 1.807) is 13.0 Å². The van der Waals surface area contributed by atoms with Crippen molar-refractivity contribution in [1.29, 1.82) is 0 Å². The van der Waals surface area contributed by atoms with Gasteiger partial charge in [0.25, 0.3) is 0 Å². The number of esters is 1. The molecule has 0 N–H and O–H groups in total. The fourth-order valence-corrected chi connectivity index (χ4v) is 3.02. The van der Waals surface area contributed by atoms with Crippen LogP contribution >= 0.6 is 0 Å². The Balaban J connectivity index is 1.99. The second-order valence-corrected chi connectivity index (χ2v) is 5.87.